The summed E-state index contributed by atoms with van der Waals surface area (Å²) in [5.41, 5.74) is 0.165. The fourth-order valence-electron chi connectivity index (χ4n) is 3.04. The maximum atomic E-state index is 13.1. The SMILES string of the molecule is O=C(Cc1ccccc1C(F)(F)F)NC(Cc1coc2ccccc12)B(O)O. The number of rotatable bonds is 6. The maximum absolute atomic E-state index is 13.1. The van der Waals surface area contributed by atoms with Crippen LogP contribution in [0.25, 0.3) is 11.0 Å². The topological polar surface area (TPSA) is 82.7 Å². The highest BCUT2D eigenvalue weighted by Gasteiger charge is 2.34. The maximum Gasteiger partial charge on any atom is 0.475 e. The molecule has 0 bridgehead atoms. The minimum atomic E-state index is -4.58. The van der Waals surface area contributed by atoms with Gasteiger partial charge in [-0.05, 0) is 29.7 Å². The number of amides is 1. The van der Waals surface area contributed by atoms with Crippen molar-refractivity contribution in [2.75, 3.05) is 0 Å². The van der Waals surface area contributed by atoms with E-state index in [1.54, 1.807) is 24.3 Å². The number of furan rings is 1. The summed E-state index contributed by atoms with van der Waals surface area (Å²) in [5, 5.41) is 22.4. The number of para-hydroxylation sites is 1. The lowest BCUT2D eigenvalue weighted by molar-refractivity contribution is -0.138. The van der Waals surface area contributed by atoms with Crippen LogP contribution in [0, 0.1) is 0 Å². The van der Waals surface area contributed by atoms with Crippen LogP contribution in [-0.2, 0) is 23.8 Å². The standard InChI is InChI=1S/C19H17BF3NO4/c21-19(22,23)15-7-3-1-5-12(15)10-18(25)24-17(20(26)27)9-13-11-28-16-8-4-2-6-14(13)16/h1-8,11,17,26-27H,9-10H2,(H,24,25). The molecule has 1 amide bonds. The van der Waals surface area contributed by atoms with Gasteiger partial charge in [0.2, 0.25) is 5.91 Å². The highest BCUT2D eigenvalue weighted by molar-refractivity contribution is 6.43. The zero-order valence-corrected chi connectivity index (χ0v) is 14.6. The molecule has 0 aliphatic carbocycles. The van der Waals surface area contributed by atoms with Crippen LogP contribution in [0.2, 0.25) is 0 Å². The van der Waals surface area contributed by atoms with Crippen LogP contribution in [0.1, 0.15) is 16.7 Å². The molecule has 0 aliphatic heterocycles. The average molecular weight is 391 g/mol. The first kappa shape index (κ1) is 20.0. The predicted molar refractivity (Wildman–Crippen MR) is 97.2 cm³/mol. The Morgan fingerprint density at radius 1 is 1.07 bits per heavy atom. The number of carbonyl (C=O) groups is 1. The van der Waals surface area contributed by atoms with E-state index >= 15 is 0 Å². The Bertz CT molecular complexity index is 971. The highest BCUT2D eigenvalue weighted by Crippen LogP contribution is 2.32. The number of carbonyl (C=O) groups excluding carboxylic acids is 1. The van der Waals surface area contributed by atoms with Gasteiger partial charge in [-0.2, -0.15) is 13.2 Å². The summed E-state index contributed by atoms with van der Waals surface area (Å²) in [6.45, 7) is 0. The number of benzene rings is 2. The Morgan fingerprint density at radius 2 is 1.75 bits per heavy atom. The molecule has 146 valence electrons. The molecule has 9 heteroatoms. The lowest BCUT2D eigenvalue weighted by Gasteiger charge is -2.18. The van der Waals surface area contributed by atoms with Crippen LogP contribution in [0.5, 0.6) is 0 Å². The summed E-state index contributed by atoms with van der Waals surface area (Å²) < 4.78 is 44.6. The first-order valence-corrected chi connectivity index (χ1v) is 8.51. The van der Waals surface area contributed by atoms with E-state index in [0.29, 0.717) is 11.1 Å². The summed E-state index contributed by atoms with van der Waals surface area (Å²) in [7, 11) is -1.89. The van der Waals surface area contributed by atoms with Crippen molar-refractivity contribution in [3.8, 4) is 0 Å². The number of hydrogen-bond donors (Lipinski definition) is 3. The second-order valence-electron chi connectivity index (χ2n) is 6.38. The van der Waals surface area contributed by atoms with Gasteiger partial charge in [-0.15, -0.1) is 0 Å². The van der Waals surface area contributed by atoms with Gasteiger partial charge in [0.05, 0.1) is 24.2 Å². The number of halogens is 3. The molecule has 1 atom stereocenters. The predicted octanol–water partition coefficient (Wildman–Crippen LogP) is 2.73. The van der Waals surface area contributed by atoms with Gasteiger partial charge in [0.25, 0.3) is 0 Å². The van der Waals surface area contributed by atoms with Crippen LogP contribution in [0.4, 0.5) is 13.2 Å². The molecule has 3 N–H and O–H groups in total. The van der Waals surface area contributed by atoms with Gasteiger partial charge in [0.1, 0.15) is 5.58 Å². The smallest absolute Gasteiger partial charge is 0.464 e. The van der Waals surface area contributed by atoms with E-state index in [0.717, 1.165) is 11.5 Å². The summed E-state index contributed by atoms with van der Waals surface area (Å²) in [6.07, 6.45) is -3.62. The van der Waals surface area contributed by atoms with Gasteiger partial charge >= 0.3 is 13.3 Å². The Morgan fingerprint density at radius 3 is 2.46 bits per heavy atom. The van der Waals surface area contributed by atoms with Crippen molar-refractivity contribution in [2.45, 2.75) is 25.0 Å². The van der Waals surface area contributed by atoms with Crippen LogP contribution in [0.3, 0.4) is 0 Å². The molecule has 0 aliphatic rings. The Balaban J connectivity index is 1.74. The van der Waals surface area contributed by atoms with Gasteiger partial charge in [0, 0.05) is 5.39 Å². The minimum Gasteiger partial charge on any atom is -0.464 e. The molecule has 28 heavy (non-hydrogen) atoms. The molecule has 1 unspecified atom stereocenters. The average Bonchev–Trinajstić information content (AvgIpc) is 3.04. The molecular weight excluding hydrogens is 374 g/mol. The van der Waals surface area contributed by atoms with Gasteiger partial charge in [0.15, 0.2) is 0 Å². The minimum absolute atomic E-state index is 0.0430. The molecule has 0 spiro atoms. The molecule has 1 aromatic heterocycles. The second kappa shape index (κ2) is 8.08. The van der Waals surface area contributed by atoms with Crippen molar-refractivity contribution in [1.82, 2.24) is 5.32 Å². The van der Waals surface area contributed by atoms with E-state index in [1.807, 2.05) is 0 Å². The molecular formula is C19H17BF3NO4. The molecule has 5 nitrogen and oxygen atoms in total. The van der Waals surface area contributed by atoms with Crippen molar-refractivity contribution in [1.29, 1.82) is 0 Å². The van der Waals surface area contributed by atoms with E-state index in [1.165, 1.54) is 24.5 Å². The lowest BCUT2D eigenvalue weighted by atomic mass is 9.75. The largest absolute Gasteiger partial charge is 0.475 e. The Hall–Kier alpha value is -2.78. The quantitative estimate of drug-likeness (QED) is 0.565. The van der Waals surface area contributed by atoms with Gasteiger partial charge in [-0.25, -0.2) is 0 Å². The van der Waals surface area contributed by atoms with Crippen molar-refractivity contribution in [3.05, 3.63) is 71.5 Å². The Kier molecular flexibility index (Phi) is 5.76. The third-order valence-corrected chi connectivity index (χ3v) is 4.38. The summed E-state index contributed by atoms with van der Waals surface area (Å²) in [4.78, 5) is 12.3. The van der Waals surface area contributed by atoms with Crippen LogP contribution >= 0.6 is 0 Å². The molecule has 0 fully saturated rings. The molecule has 1 heterocycles. The fourth-order valence-corrected chi connectivity index (χ4v) is 3.04. The second-order valence-corrected chi connectivity index (χ2v) is 6.38. The third kappa shape index (κ3) is 4.55. The van der Waals surface area contributed by atoms with E-state index in [4.69, 9.17) is 4.42 Å². The Labute approximate surface area is 158 Å². The van der Waals surface area contributed by atoms with E-state index in [2.05, 4.69) is 5.32 Å². The molecule has 0 saturated carbocycles. The third-order valence-electron chi connectivity index (χ3n) is 4.38. The van der Waals surface area contributed by atoms with E-state index in [-0.39, 0.29) is 12.0 Å². The lowest BCUT2D eigenvalue weighted by Crippen LogP contribution is -2.48. The first-order chi connectivity index (χ1) is 13.3. The molecule has 0 saturated heterocycles. The number of alkyl halides is 3. The summed E-state index contributed by atoms with van der Waals surface area (Å²) in [6, 6.07) is 11.9. The normalized spacial score (nSPS) is 12.8. The number of hydrogen-bond acceptors (Lipinski definition) is 4. The van der Waals surface area contributed by atoms with E-state index < -0.39 is 37.1 Å². The van der Waals surface area contributed by atoms with Crippen LogP contribution < -0.4 is 5.32 Å². The molecule has 2 aromatic carbocycles. The zero-order chi connectivity index (χ0) is 20.3. The van der Waals surface area contributed by atoms with Crippen molar-refractivity contribution in [3.63, 3.8) is 0 Å². The van der Waals surface area contributed by atoms with Gasteiger partial charge in [-0.3, -0.25) is 4.79 Å². The number of nitrogens with one attached hydrogen (secondary N) is 1. The van der Waals surface area contributed by atoms with Crippen molar-refractivity contribution in [2.24, 2.45) is 0 Å². The summed E-state index contributed by atoms with van der Waals surface area (Å²) in [5.74, 6) is -1.85. The van der Waals surface area contributed by atoms with Gasteiger partial charge in [-0.1, -0.05) is 36.4 Å². The van der Waals surface area contributed by atoms with Crippen LogP contribution in [0.15, 0.2) is 59.2 Å². The van der Waals surface area contributed by atoms with Crippen molar-refractivity contribution >= 4 is 24.0 Å². The summed E-state index contributed by atoms with van der Waals surface area (Å²) >= 11 is 0. The molecule has 3 rings (SSSR count). The number of fused-ring (bicyclic) bond motifs is 1. The van der Waals surface area contributed by atoms with E-state index in [9.17, 15) is 28.0 Å². The van der Waals surface area contributed by atoms with Crippen LogP contribution in [-0.4, -0.2) is 29.0 Å². The zero-order valence-electron chi connectivity index (χ0n) is 14.6. The first-order valence-electron chi connectivity index (χ1n) is 8.51. The van der Waals surface area contributed by atoms with Crippen molar-refractivity contribution < 1.29 is 32.4 Å². The molecule has 0 radical (unpaired) electrons. The molecule has 3 aromatic rings. The highest BCUT2D eigenvalue weighted by atomic mass is 19.4. The monoisotopic (exact) mass is 391 g/mol. The van der Waals surface area contributed by atoms with Gasteiger partial charge < -0.3 is 19.8 Å². The fraction of sp³-hybridized carbons (Fsp3) is 0.211.